The fourth-order valence-electron chi connectivity index (χ4n) is 2.57. The van der Waals surface area contributed by atoms with Gasteiger partial charge in [0.25, 0.3) is 0 Å². The molecule has 2 fully saturated rings. The molecular weight excluding hydrogens is 202 g/mol. The number of piperidine rings is 1. The van der Waals surface area contributed by atoms with E-state index in [-0.39, 0.29) is 6.03 Å². The van der Waals surface area contributed by atoms with E-state index >= 15 is 0 Å². The smallest absolute Gasteiger partial charge is 0.317 e. The molecule has 1 atom stereocenters. The van der Waals surface area contributed by atoms with E-state index in [1.54, 1.807) is 0 Å². The largest absolute Gasteiger partial charge is 0.335 e. The first-order chi connectivity index (χ1) is 7.81. The van der Waals surface area contributed by atoms with Crippen molar-refractivity contribution in [2.24, 2.45) is 5.73 Å². The van der Waals surface area contributed by atoms with Gasteiger partial charge in [0.2, 0.25) is 0 Å². The van der Waals surface area contributed by atoms with Crippen molar-refractivity contribution in [1.82, 2.24) is 10.2 Å². The van der Waals surface area contributed by atoms with Gasteiger partial charge >= 0.3 is 6.03 Å². The van der Waals surface area contributed by atoms with E-state index in [4.69, 9.17) is 5.73 Å². The van der Waals surface area contributed by atoms with E-state index in [9.17, 15) is 4.79 Å². The first-order valence-corrected chi connectivity index (χ1v) is 6.58. The van der Waals surface area contributed by atoms with Gasteiger partial charge in [0.15, 0.2) is 0 Å². The van der Waals surface area contributed by atoms with Gasteiger partial charge < -0.3 is 16.0 Å². The Morgan fingerprint density at radius 3 is 2.69 bits per heavy atom. The zero-order valence-corrected chi connectivity index (χ0v) is 9.95. The predicted octanol–water partition coefficient (Wildman–Crippen LogP) is 1.45. The third-order valence-electron chi connectivity index (χ3n) is 3.82. The zero-order valence-electron chi connectivity index (χ0n) is 9.95. The fourth-order valence-corrected chi connectivity index (χ4v) is 2.57. The van der Waals surface area contributed by atoms with Crippen LogP contribution in [-0.2, 0) is 0 Å². The Kier molecular flexibility index (Phi) is 4.04. The highest BCUT2D eigenvalue weighted by molar-refractivity contribution is 5.75. The molecule has 1 unspecified atom stereocenters. The molecule has 2 rings (SSSR count). The van der Waals surface area contributed by atoms with E-state index in [2.05, 4.69) is 5.32 Å². The van der Waals surface area contributed by atoms with Crippen molar-refractivity contribution in [3.05, 3.63) is 0 Å². The summed E-state index contributed by atoms with van der Waals surface area (Å²) in [5.41, 5.74) is 5.60. The summed E-state index contributed by atoms with van der Waals surface area (Å²) in [6.45, 7) is 1.58. The minimum atomic E-state index is 0.142. The molecule has 0 bridgehead atoms. The van der Waals surface area contributed by atoms with Gasteiger partial charge in [-0.1, -0.05) is 0 Å². The quantitative estimate of drug-likeness (QED) is 0.764. The maximum absolute atomic E-state index is 12.1. The van der Waals surface area contributed by atoms with E-state index in [0.717, 1.165) is 38.6 Å². The van der Waals surface area contributed by atoms with Crippen LogP contribution >= 0.6 is 0 Å². The Balaban J connectivity index is 1.85. The molecule has 1 saturated carbocycles. The Hall–Kier alpha value is -0.770. The van der Waals surface area contributed by atoms with Gasteiger partial charge in [-0.25, -0.2) is 4.79 Å². The van der Waals surface area contributed by atoms with Crippen molar-refractivity contribution in [2.45, 2.75) is 57.0 Å². The van der Waals surface area contributed by atoms with Gasteiger partial charge in [0.05, 0.1) is 0 Å². The summed E-state index contributed by atoms with van der Waals surface area (Å²) in [6.07, 6.45) is 8.00. The lowest BCUT2D eigenvalue weighted by atomic mass is 9.93. The van der Waals surface area contributed by atoms with Crippen molar-refractivity contribution < 1.29 is 4.79 Å². The van der Waals surface area contributed by atoms with Crippen LogP contribution in [0.4, 0.5) is 4.79 Å². The van der Waals surface area contributed by atoms with E-state index in [0.29, 0.717) is 18.6 Å². The fraction of sp³-hybridized carbons (Fsp3) is 0.917. The molecule has 4 heteroatoms. The summed E-state index contributed by atoms with van der Waals surface area (Å²) < 4.78 is 0. The van der Waals surface area contributed by atoms with Crippen molar-refractivity contribution in [3.8, 4) is 0 Å². The molecule has 92 valence electrons. The number of nitrogens with one attached hydrogen (secondary N) is 1. The molecule has 4 nitrogen and oxygen atoms in total. The van der Waals surface area contributed by atoms with Gasteiger partial charge in [0, 0.05) is 18.6 Å². The van der Waals surface area contributed by atoms with Crippen molar-refractivity contribution in [3.63, 3.8) is 0 Å². The van der Waals surface area contributed by atoms with Crippen LogP contribution in [0, 0.1) is 0 Å². The standard InChI is InChI=1S/C12H23N3O/c13-8-7-11-6-1-2-9-15(11)12(16)14-10-4-3-5-10/h10-11H,1-9,13H2,(H,14,16). The van der Waals surface area contributed by atoms with E-state index in [1.165, 1.54) is 12.8 Å². The van der Waals surface area contributed by atoms with Crippen molar-refractivity contribution >= 4 is 6.03 Å². The summed E-state index contributed by atoms with van der Waals surface area (Å²) >= 11 is 0. The van der Waals surface area contributed by atoms with Crippen LogP contribution in [0.15, 0.2) is 0 Å². The highest BCUT2D eigenvalue weighted by Crippen LogP contribution is 2.22. The van der Waals surface area contributed by atoms with Crippen LogP contribution in [0.1, 0.15) is 44.9 Å². The van der Waals surface area contributed by atoms with Crippen LogP contribution in [-0.4, -0.2) is 36.1 Å². The summed E-state index contributed by atoms with van der Waals surface area (Å²) in [5, 5.41) is 3.12. The van der Waals surface area contributed by atoms with E-state index < -0.39 is 0 Å². The predicted molar refractivity (Wildman–Crippen MR) is 64.2 cm³/mol. The molecule has 0 aromatic heterocycles. The molecule has 2 amide bonds. The Morgan fingerprint density at radius 1 is 1.25 bits per heavy atom. The minimum absolute atomic E-state index is 0.142. The SMILES string of the molecule is NCCC1CCCCN1C(=O)NC1CCC1. The highest BCUT2D eigenvalue weighted by Gasteiger charge is 2.28. The van der Waals surface area contributed by atoms with Gasteiger partial charge in [-0.2, -0.15) is 0 Å². The third kappa shape index (κ3) is 2.67. The zero-order chi connectivity index (χ0) is 11.4. The average Bonchev–Trinajstić information content (AvgIpc) is 2.24. The molecule has 3 N–H and O–H groups in total. The number of nitrogens with two attached hydrogens (primary N) is 1. The Labute approximate surface area is 97.6 Å². The Bertz CT molecular complexity index is 238. The normalized spacial score (nSPS) is 26.3. The first-order valence-electron chi connectivity index (χ1n) is 6.58. The van der Waals surface area contributed by atoms with Gasteiger partial charge in [-0.05, 0) is 51.5 Å². The topological polar surface area (TPSA) is 58.4 Å². The lowest BCUT2D eigenvalue weighted by Crippen LogP contribution is -2.52. The first kappa shape index (κ1) is 11.7. The molecule has 0 aromatic rings. The monoisotopic (exact) mass is 225 g/mol. The summed E-state index contributed by atoms with van der Waals surface area (Å²) in [7, 11) is 0. The van der Waals surface area contributed by atoms with Crippen LogP contribution in [0.2, 0.25) is 0 Å². The number of hydrogen-bond acceptors (Lipinski definition) is 2. The second-order valence-electron chi connectivity index (χ2n) is 5.00. The van der Waals surface area contributed by atoms with Crippen LogP contribution in [0.25, 0.3) is 0 Å². The molecule has 0 aromatic carbocycles. The summed E-state index contributed by atoms with van der Waals surface area (Å²) in [4.78, 5) is 14.1. The lowest BCUT2D eigenvalue weighted by molar-refractivity contribution is 0.140. The number of likely N-dealkylation sites (tertiary alicyclic amines) is 1. The molecule has 0 spiro atoms. The molecular formula is C12H23N3O. The number of carbonyl (C=O) groups is 1. The summed E-state index contributed by atoms with van der Waals surface area (Å²) in [6, 6.07) is 0.953. The molecule has 1 aliphatic heterocycles. The maximum atomic E-state index is 12.1. The Morgan fingerprint density at radius 2 is 2.06 bits per heavy atom. The molecule has 0 radical (unpaired) electrons. The molecule has 1 heterocycles. The molecule has 16 heavy (non-hydrogen) atoms. The number of hydrogen-bond donors (Lipinski definition) is 2. The lowest BCUT2D eigenvalue weighted by Gasteiger charge is -2.38. The average molecular weight is 225 g/mol. The van der Waals surface area contributed by atoms with Gasteiger partial charge in [-0.3, -0.25) is 0 Å². The number of urea groups is 1. The van der Waals surface area contributed by atoms with E-state index in [1.807, 2.05) is 4.90 Å². The minimum Gasteiger partial charge on any atom is -0.335 e. The number of rotatable bonds is 3. The molecule has 2 aliphatic rings. The number of nitrogens with zero attached hydrogens (tertiary/aromatic N) is 1. The second kappa shape index (κ2) is 5.53. The third-order valence-corrected chi connectivity index (χ3v) is 3.82. The van der Waals surface area contributed by atoms with Crippen LogP contribution < -0.4 is 11.1 Å². The highest BCUT2D eigenvalue weighted by atomic mass is 16.2. The summed E-state index contributed by atoms with van der Waals surface area (Å²) in [5.74, 6) is 0. The molecule has 1 aliphatic carbocycles. The van der Waals surface area contributed by atoms with Gasteiger partial charge in [-0.15, -0.1) is 0 Å². The maximum Gasteiger partial charge on any atom is 0.317 e. The van der Waals surface area contributed by atoms with Crippen LogP contribution in [0.3, 0.4) is 0 Å². The van der Waals surface area contributed by atoms with Crippen molar-refractivity contribution in [2.75, 3.05) is 13.1 Å². The number of carbonyl (C=O) groups excluding carboxylic acids is 1. The van der Waals surface area contributed by atoms with Crippen molar-refractivity contribution in [1.29, 1.82) is 0 Å². The molecule has 1 saturated heterocycles. The number of amides is 2. The van der Waals surface area contributed by atoms with Gasteiger partial charge in [0.1, 0.15) is 0 Å². The second-order valence-corrected chi connectivity index (χ2v) is 5.00. The van der Waals surface area contributed by atoms with Crippen LogP contribution in [0.5, 0.6) is 0 Å².